The Kier molecular flexibility index (Phi) is 5.73. The SMILES string of the molecule is Cl.N[C@@H]1CCCN(C(=O)c2c(Cl)cccc2Cl)C1. The Bertz CT molecular complexity index is 419. The van der Waals surface area contributed by atoms with Gasteiger partial charge in [0, 0.05) is 19.1 Å². The van der Waals surface area contributed by atoms with E-state index in [9.17, 15) is 4.79 Å². The van der Waals surface area contributed by atoms with Crippen molar-refractivity contribution in [2.45, 2.75) is 18.9 Å². The number of carbonyl (C=O) groups is 1. The van der Waals surface area contributed by atoms with E-state index in [1.54, 1.807) is 23.1 Å². The molecule has 1 aromatic rings. The van der Waals surface area contributed by atoms with E-state index in [1.165, 1.54) is 0 Å². The van der Waals surface area contributed by atoms with Crippen LogP contribution in [0.1, 0.15) is 23.2 Å². The third kappa shape index (κ3) is 3.29. The van der Waals surface area contributed by atoms with E-state index in [1.807, 2.05) is 0 Å². The van der Waals surface area contributed by atoms with Crippen LogP contribution in [-0.2, 0) is 0 Å². The predicted octanol–water partition coefficient (Wildman–Crippen LogP) is 2.98. The Balaban J connectivity index is 0.00000162. The molecule has 0 saturated carbocycles. The number of likely N-dealkylation sites (tertiary alicyclic amines) is 1. The zero-order valence-electron chi connectivity index (χ0n) is 9.73. The molecule has 1 amide bonds. The number of rotatable bonds is 1. The van der Waals surface area contributed by atoms with Crippen LogP contribution in [0.15, 0.2) is 18.2 Å². The molecule has 1 saturated heterocycles. The molecule has 0 aliphatic carbocycles. The van der Waals surface area contributed by atoms with Crippen molar-refractivity contribution in [3.63, 3.8) is 0 Å². The highest BCUT2D eigenvalue weighted by Crippen LogP contribution is 2.26. The summed E-state index contributed by atoms with van der Waals surface area (Å²) >= 11 is 12.0. The van der Waals surface area contributed by atoms with Gasteiger partial charge in [-0.2, -0.15) is 0 Å². The topological polar surface area (TPSA) is 46.3 Å². The Morgan fingerprint density at radius 3 is 2.50 bits per heavy atom. The van der Waals surface area contributed by atoms with Crippen molar-refractivity contribution >= 4 is 41.5 Å². The van der Waals surface area contributed by atoms with Gasteiger partial charge < -0.3 is 10.6 Å². The lowest BCUT2D eigenvalue weighted by molar-refractivity contribution is 0.0709. The van der Waals surface area contributed by atoms with Crippen molar-refractivity contribution in [2.75, 3.05) is 13.1 Å². The highest BCUT2D eigenvalue weighted by molar-refractivity contribution is 6.39. The summed E-state index contributed by atoms with van der Waals surface area (Å²) in [5.74, 6) is -0.129. The van der Waals surface area contributed by atoms with E-state index in [-0.39, 0.29) is 24.4 Å². The van der Waals surface area contributed by atoms with Gasteiger partial charge in [0.25, 0.3) is 5.91 Å². The first-order chi connectivity index (χ1) is 8.09. The van der Waals surface area contributed by atoms with E-state index >= 15 is 0 Å². The molecule has 18 heavy (non-hydrogen) atoms. The molecule has 2 N–H and O–H groups in total. The average Bonchev–Trinajstić information content (AvgIpc) is 2.28. The fraction of sp³-hybridized carbons (Fsp3) is 0.417. The number of hydrogen-bond donors (Lipinski definition) is 1. The first-order valence-electron chi connectivity index (χ1n) is 5.58. The zero-order valence-corrected chi connectivity index (χ0v) is 12.1. The zero-order chi connectivity index (χ0) is 12.4. The third-order valence-electron chi connectivity index (χ3n) is 2.92. The maximum atomic E-state index is 12.3. The van der Waals surface area contributed by atoms with Gasteiger partial charge in [-0.25, -0.2) is 0 Å². The number of halogens is 3. The van der Waals surface area contributed by atoms with Crippen LogP contribution in [0, 0.1) is 0 Å². The van der Waals surface area contributed by atoms with Crippen LogP contribution >= 0.6 is 35.6 Å². The van der Waals surface area contributed by atoms with Crippen LogP contribution < -0.4 is 5.73 Å². The van der Waals surface area contributed by atoms with Crippen molar-refractivity contribution in [3.05, 3.63) is 33.8 Å². The summed E-state index contributed by atoms with van der Waals surface area (Å²) in [4.78, 5) is 14.0. The summed E-state index contributed by atoms with van der Waals surface area (Å²) in [5, 5.41) is 0.781. The van der Waals surface area contributed by atoms with E-state index in [0.717, 1.165) is 12.8 Å². The Morgan fingerprint density at radius 1 is 1.33 bits per heavy atom. The summed E-state index contributed by atoms with van der Waals surface area (Å²) in [7, 11) is 0. The van der Waals surface area contributed by atoms with E-state index in [4.69, 9.17) is 28.9 Å². The van der Waals surface area contributed by atoms with Gasteiger partial charge in [-0.3, -0.25) is 4.79 Å². The number of carbonyl (C=O) groups excluding carboxylic acids is 1. The van der Waals surface area contributed by atoms with Gasteiger partial charge in [-0.1, -0.05) is 29.3 Å². The van der Waals surface area contributed by atoms with Gasteiger partial charge in [-0.15, -0.1) is 12.4 Å². The largest absolute Gasteiger partial charge is 0.337 e. The van der Waals surface area contributed by atoms with Crippen LogP contribution in [-0.4, -0.2) is 29.9 Å². The minimum Gasteiger partial charge on any atom is -0.337 e. The maximum Gasteiger partial charge on any atom is 0.256 e. The number of nitrogens with two attached hydrogens (primary N) is 1. The van der Waals surface area contributed by atoms with Gasteiger partial charge in [0.05, 0.1) is 15.6 Å². The fourth-order valence-corrected chi connectivity index (χ4v) is 2.61. The van der Waals surface area contributed by atoms with E-state index in [0.29, 0.717) is 28.7 Å². The normalized spacial score (nSPS) is 19.3. The van der Waals surface area contributed by atoms with E-state index in [2.05, 4.69) is 0 Å². The average molecular weight is 310 g/mol. The van der Waals surface area contributed by atoms with Gasteiger partial charge in [-0.05, 0) is 25.0 Å². The molecular weight excluding hydrogens is 295 g/mol. The molecule has 1 aliphatic rings. The second kappa shape index (κ2) is 6.62. The van der Waals surface area contributed by atoms with E-state index < -0.39 is 0 Å². The highest BCUT2D eigenvalue weighted by atomic mass is 35.5. The van der Waals surface area contributed by atoms with Gasteiger partial charge in [0.15, 0.2) is 0 Å². The molecule has 0 bridgehead atoms. The molecule has 0 unspecified atom stereocenters. The smallest absolute Gasteiger partial charge is 0.256 e. The Labute approximate surface area is 123 Å². The molecule has 6 heteroatoms. The molecule has 1 atom stereocenters. The van der Waals surface area contributed by atoms with Gasteiger partial charge in [0.2, 0.25) is 0 Å². The summed E-state index contributed by atoms with van der Waals surface area (Å²) in [6, 6.07) is 5.12. The number of piperidine rings is 1. The lowest BCUT2D eigenvalue weighted by Crippen LogP contribution is -2.45. The van der Waals surface area contributed by atoms with Crippen molar-refractivity contribution in [2.24, 2.45) is 5.73 Å². The highest BCUT2D eigenvalue weighted by Gasteiger charge is 2.25. The molecule has 0 spiro atoms. The Morgan fingerprint density at radius 2 is 1.94 bits per heavy atom. The summed E-state index contributed by atoms with van der Waals surface area (Å²) < 4.78 is 0. The molecule has 1 fully saturated rings. The lowest BCUT2D eigenvalue weighted by atomic mass is 10.1. The van der Waals surface area contributed by atoms with Crippen LogP contribution in [0.2, 0.25) is 10.0 Å². The number of benzene rings is 1. The second-order valence-electron chi connectivity index (χ2n) is 4.25. The molecule has 2 rings (SSSR count). The van der Waals surface area contributed by atoms with Crippen molar-refractivity contribution in [1.29, 1.82) is 0 Å². The molecule has 1 heterocycles. The van der Waals surface area contributed by atoms with Gasteiger partial charge in [0.1, 0.15) is 0 Å². The van der Waals surface area contributed by atoms with Crippen LogP contribution in [0.5, 0.6) is 0 Å². The molecule has 1 aromatic carbocycles. The molecule has 3 nitrogen and oxygen atoms in total. The Hall–Kier alpha value is -0.480. The second-order valence-corrected chi connectivity index (χ2v) is 5.06. The maximum absolute atomic E-state index is 12.3. The van der Waals surface area contributed by atoms with Crippen molar-refractivity contribution < 1.29 is 4.79 Å². The summed E-state index contributed by atoms with van der Waals surface area (Å²) in [5.41, 5.74) is 6.24. The predicted molar refractivity (Wildman–Crippen MR) is 76.8 cm³/mol. The molecular formula is C12H15Cl3N2O. The van der Waals surface area contributed by atoms with Crippen LogP contribution in [0.4, 0.5) is 0 Å². The minimum atomic E-state index is -0.129. The molecule has 0 aromatic heterocycles. The molecule has 0 radical (unpaired) electrons. The third-order valence-corrected chi connectivity index (χ3v) is 3.55. The number of amides is 1. The lowest BCUT2D eigenvalue weighted by Gasteiger charge is -2.31. The first-order valence-corrected chi connectivity index (χ1v) is 6.34. The van der Waals surface area contributed by atoms with Crippen molar-refractivity contribution in [1.82, 2.24) is 4.90 Å². The molecule has 100 valence electrons. The summed E-state index contributed by atoms with van der Waals surface area (Å²) in [6.07, 6.45) is 1.88. The number of hydrogen-bond acceptors (Lipinski definition) is 2. The first kappa shape index (κ1) is 15.6. The van der Waals surface area contributed by atoms with Crippen molar-refractivity contribution in [3.8, 4) is 0 Å². The van der Waals surface area contributed by atoms with Crippen LogP contribution in [0.25, 0.3) is 0 Å². The molecule has 1 aliphatic heterocycles. The quantitative estimate of drug-likeness (QED) is 0.867. The monoisotopic (exact) mass is 308 g/mol. The summed E-state index contributed by atoms with van der Waals surface area (Å²) in [6.45, 7) is 1.29. The minimum absolute atomic E-state index is 0. The number of nitrogens with zero attached hydrogens (tertiary/aromatic N) is 1. The standard InChI is InChI=1S/C12H14Cl2N2O.ClH/c13-9-4-1-5-10(14)11(9)12(17)16-6-2-3-8(15)7-16;/h1,4-5,8H,2-3,6-7,15H2;1H/t8-;/m1./s1. The fourth-order valence-electron chi connectivity index (χ4n) is 2.05. The van der Waals surface area contributed by atoms with Gasteiger partial charge >= 0.3 is 0 Å². The van der Waals surface area contributed by atoms with Crippen LogP contribution in [0.3, 0.4) is 0 Å².